The van der Waals surface area contributed by atoms with E-state index in [0.29, 0.717) is 47.8 Å². The Morgan fingerprint density at radius 2 is 1.04 bits per heavy atom. The zero-order valence-corrected chi connectivity index (χ0v) is 39.2. The van der Waals surface area contributed by atoms with Crippen molar-refractivity contribution in [1.82, 2.24) is 19.1 Å². The van der Waals surface area contributed by atoms with Gasteiger partial charge in [0.05, 0.1) is 19.8 Å². The third kappa shape index (κ3) is 16.5. The van der Waals surface area contributed by atoms with Crippen LogP contribution in [0.2, 0.25) is 0 Å². The SMILES string of the molecule is CCCCOCNc1ccn([C@@H]2O[C@H](COC(=O)CCCC(=O)OC[C@@H]3OC(n4ccc(NC(=O)OCCCC)nc4=O)C(F)(F)[C@H]3OC(=O)OCCCC)[C@@H](OC(=O)OCCCC)C2(F)F)c(=O)n1. The number of halogens is 4. The predicted octanol–water partition coefficient (Wildman–Crippen LogP) is 6.00. The van der Waals surface area contributed by atoms with Gasteiger partial charge in [-0.15, -0.1) is 0 Å². The maximum atomic E-state index is 16.0. The minimum absolute atomic E-state index is 0.0104. The number of rotatable bonds is 28. The van der Waals surface area contributed by atoms with Crippen LogP contribution in [0.1, 0.15) is 111 Å². The minimum atomic E-state index is -4.16. The molecular weight excluding hydrogens is 948 g/mol. The van der Waals surface area contributed by atoms with E-state index in [9.17, 15) is 33.6 Å². The van der Waals surface area contributed by atoms with E-state index in [1.54, 1.807) is 13.8 Å². The van der Waals surface area contributed by atoms with E-state index in [1.165, 1.54) is 6.07 Å². The zero-order chi connectivity index (χ0) is 51.3. The Balaban J connectivity index is 1.36. The molecule has 2 saturated heterocycles. The average molecular weight is 1010 g/mol. The third-order valence-electron chi connectivity index (χ3n) is 10.3. The Labute approximate surface area is 399 Å². The van der Waals surface area contributed by atoms with E-state index in [0.717, 1.165) is 37.7 Å². The number of anilines is 2. The van der Waals surface area contributed by atoms with Crippen molar-refractivity contribution in [1.29, 1.82) is 0 Å². The Kier molecular flexibility index (Phi) is 22.5. The smallest absolute Gasteiger partial charge is 0.463 e. The molecule has 1 amide bonds. The molecule has 0 bridgehead atoms. The van der Waals surface area contributed by atoms with Crippen LogP contribution in [0, 0.1) is 0 Å². The lowest BCUT2D eigenvalue weighted by molar-refractivity contribution is -0.152. The Morgan fingerprint density at radius 1 is 0.614 bits per heavy atom. The third-order valence-corrected chi connectivity index (χ3v) is 10.3. The standard InChI is InChI=1S/C43H60F4N6O17/c1-5-9-20-61-26-48-29-16-18-52(37(56)49-29)35-42(44,45)33(69-40(59)63-22-11-7-3)27(67-35)24-65-31(54)14-13-15-32(55)66-25-28-34(70-41(60)64-23-12-8-4)43(46,47)36(68-28)53-19-17-30(50-38(53)57)51-39(58)62-21-10-6-2/h16-19,27-28,33-36H,5-15,20-26H2,1-4H3,(H,48,49,56)(H,50,51,57,58)/t27-,28+,33-,34+,35-,36?/m1/s1. The van der Waals surface area contributed by atoms with E-state index in [1.807, 2.05) is 13.8 Å². The van der Waals surface area contributed by atoms with E-state index < -0.39 is 116 Å². The lowest BCUT2D eigenvalue weighted by Gasteiger charge is -2.24. The van der Waals surface area contributed by atoms with Gasteiger partial charge in [-0.25, -0.2) is 24.0 Å². The normalized spacial score (nSPS) is 21.0. The molecule has 2 aliphatic heterocycles. The lowest BCUT2D eigenvalue weighted by Crippen LogP contribution is -2.45. The molecule has 0 aliphatic carbocycles. The molecular formula is C43H60F4N6O17. The molecule has 2 aromatic heterocycles. The van der Waals surface area contributed by atoms with Crippen molar-refractivity contribution in [3.8, 4) is 0 Å². The molecule has 392 valence electrons. The second-order valence-corrected chi connectivity index (χ2v) is 15.8. The van der Waals surface area contributed by atoms with Gasteiger partial charge in [0.1, 0.15) is 43.8 Å². The summed E-state index contributed by atoms with van der Waals surface area (Å²) in [5.74, 6) is -10.6. The van der Waals surface area contributed by atoms with Gasteiger partial charge in [-0.2, -0.15) is 27.5 Å². The van der Waals surface area contributed by atoms with E-state index in [-0.39, 0.29) is 44.6 Å². The fraction of sp³-hybridized carbons (Fsp3) is 0.698. The predicted molar refractivity (Wildman–Crippen MR) is 232 cm³/mol. The van der Waals surface area contributed by atoms with Crippen LogP contribution in [0.3, 0.4) is 0 Å². The molecule has 6 atom stereocenters. The van der Waals surface area contributed by atoms with Crippen LogP contribution in [0.4, 0.5) is 43.6 Å². The Bertz CT molecular complexity index is 2150. The number of hydrogen-bond donors (Lipinski definition) is 2. The highest BCUT2D eigenvalue weighted by Crippen LogP contribution is 2.45. The summed E-state index contributed by atoms with van der Waals surface area (Å²) in [5, 5.41) is 4.94. The van der Waals surface area contributed by atoms with Crippen LogP contribution in [0.25, 0.3) is 0 Å². The van der Waals surface area contributed by atoms with Crippen LogP contribution in [-0.2, 0) is 57.0 Å². The van der Waals surface area contributed by atoms with Crippen molar-refractivity contribution in [2.45, 2.75) is 147 Å². The Morgan fingerprint density at radius 3 is 1.50 bits per heavy atom. The van der Waals surface area contributed by atoms with Crippen molar-refractivity contribution in [3.05, 3.63) is 45.5 Å². The summed E-state index contributed by atoms with van der Waals surface area (Å²) in [7, 11) is 0. The number of ether oxygens (including phenoxy) is 10. The lowest BCUT2D eigenvalue weighted by atomic mass is 10.1. The maximum absolute atomic E-state index is 16.0. The summed E-state index contributed by atoms with van der Waals surface area (Å²) in [5.41, 5.74) is -2.46. The van der Waals surface area contributed by atoms with Crippen LogP contribution < -0.4 is 22.0 Å². The van der Waals surface area contributed by atoms with Gasteiger partial charge in [0, 0.05) is 31.8 Å². The molecule has 2 aromatic rings. The highest BCUT2D eigenvalue weighted by molar-refractivity contribution is 5.83. The van der Waals surface area contributed by atoms with Gasteiger partial charge in [0.15, 0.2) is 0 Å². The highest BCUT2D eigenvalue weighted by Gasteiger charge is 2.64. The number of carbonyl (C=O) groups is 5. The van der Waals surface area contributed by atoms with Gasteiger partial charge in [-0.1, -0.05) is 53.4 Å². The van der Waals surface area contributed by atoms with E-state index >= 15 is 17.6 Å². The van der Waals surface area contributed by atoms with Gasteiger partial charge >= 0.3 is 53.6 Å². The summed E-state index contributed by atoms with van der Waals surface area (Å²) >= 11 is 0. The van der Waals surface area contributed by atoms with Gasteiger partial charge < -0.3 is 52.7 Å². The molecule has 27 heteroatoms. The van der Waals surface area contributed by atoms with Gasteiger partial charge in [0.25, 0.3) is 0 Å². The number of aromatic nitrogens is 4. The first-order valence-corrected chi connectivity index (χ1v) is 22.9. The molecule has 1 unspecified atom stereocenters. The van der Waals surface area contributed by atoms with Gasteiger partial charge in [0.2, 0.25) is 24.7 Å². The number of amides is 1. The topological polar surface area (TPSA) is 271 Å². The fourth-order valence-corrected chi connectivity index (χ4v) is 6.49. The van der Waals surface area contributed by atoms with Crippen LogP contribution >= 0.6 is 0 Å². The maximum Gasteiger partial charge on any atom is 0.508 e. The number of nitrogens with one attached hydrogen (secondary N) is 2. The molecule has 2 N–H and O–H groups in total. The van der Waals surface area contributed by atoms with Crippen molar-refractivity contribution >= 4 is 42.0 Å². The molecule has 0 spiro atoms. The Hall–Kier alpha value is -6.09. The average Bonchev–Trinajstić information content (AvgIpc) is 3.70. The second-order valence-electron chi connectivity index (χ2n) is 15.8. The molecule has 0 radical (unpaired) electrons. The fourth-order valence-electron chi connectivity index (χ4n) is 6.49. The summed E-state index contributed by atoms with van der Waals surface area (Å²) in [4.78, 5) is 95.6. The summed E-state index contributed by atoms with van der Waals surface area (Å²) < 4.78 is 116. The summed E-state index contributed by atoms with van der Waals surface area (Å²) in [6, 6.07) is 2.24. The number of alkyl halides is 4. The van der Waals surface area contributed by atoms with Gasteiger partial charge in [-0.05, 0) is 44.2 Å². The molecule has 2 aliphatic rings. The summed E-state index contributed by atoms with van der Waals surface area (Å²) in [6.45, 7) is 5.77. The number of unbranched alkanes of at least 4 members (excludes halogenated alkanes) is 4. The first kappa shape index (κ1) is 56.5. The summed E-state index contributed by atoms with van der Waals surface area (Å²) in [6.07, 6.45) is -11.8. The zero-order valence-electron chi connectivity index (χ0n) is 39.2. The molecule has 4 heterocycles. The van der Waals surface area contributed by atoms with Gasteiger partial charge in [-0.3, -0.25) is 24.0 Å². The minimum Gasteiger partial charge on any atom is -0.463 e. The molecule has 70 heavy (non-hydrogen) atoms. The molecule has 0 saturated carbocycles. The number of nitrogens with zero attached hydrogens (tertiary/aromatic N) is 4. The molecule has 23 nitrogen and oxygen atoms in total. The molecule has 0 aromatic carbocycles. The van der Waals surface area contributed by atoms with Crippen LogP contribution in [-0.4, -0.2) is 132 Å². The van der Waals surface area contributed by atoms with Crippen molar-refractivity contribution in [2.75, 3.05) is 57.0 Å². The van der Waals surface area contributed by atoms with Crippen LogP contribution in [0.5, 0.6) is 0 Å². The van der Waals surface area contributed by atoms with E-state index in [2.05, 4.69) is 20.6 Å². The molecule has 2 fully saturated rings. The van der Waals surface area contributed by atoms with Crippen molar-refractivity contribution in [3.63, 3.8) is 0 Å². The first-order valence-electron chi connectivity index (χ1n) is 22.9. The number of esters is 2. The molecule has 4 rings (SSSR count). The number of carbonyl (C=O) groups excluding carboxylic acids is 5. The number of hydrogen-bond acceptors (Lipinski definition) is 20. The second kappa shape index (κ2) is 27.9. The van der Waals surface area contributed by atoms with E-state index in [4.69, 9.17) is 47.4 Å². The monoisotopic (exact) mass is 1010 g/mol. The van der Waals surface area contributed by atoms with Crippen molar-refractivity contribution < 1.29 is 88.9 Å². The first-order chi connectivity index (χ1) is 33.5. The van der Waals surface area contributed by atoms with Crippen LogP contribution in [0.15, 0.2) is 34.1 Å². The highest BCUT2D eigenvalue weighted by atomic mass is 19.3. The van der Waals surface area contributed by atoms with Crippen molar-refractivity contribution in [2.24, 2.45) is 0 Å². The largest absolute Gasteiger partial charge is 0.508 e. The quantitative estimate of drug-likeness (QED) is 0.0325.